The molecule has 0 atom stereocenters. The molecule has 1 fully saturated rings. The summed E-state index contributed by atoms with van der Waals surface area (Å²) in [6.07, 6.45) is 1.87. The molecule has 7 nitrogen and oxygen atoms in total. The molecule has 1 amide bonds. The lowest BCUT2D eigenvalue weighted by Gasteiger charge is -2.36. The molecule has 0 aliphatic carbocycles. The number of rotatable bonds is 5. The SMILES string of the molecule is CCN(CC1CCN(C(=NC)NCc2sc(C)nc2C)CC1)C(=O)OC(C)(C)C.I. The van der Waals surface area contributed by atoms with Gasteiger partial charge in [-0.3, -0.25) is 4.99 Å². The molecule has 1 aliphatic heterocycles. The van der Waals surface area contributed by atoms with E-state index in [9.17, 15) is 4.79 Å². The largest absolute Gasteiger partial charge is 0.444 e. The Labute approximate surface area is 202 Å². The molecule has 2 heterocycles. The first kappa shape index (κ1) is 26.9. The Kier molecular flexibility index (Phi) is 10.8. The molecular weight excluding hydrogens is 513 g/mol. The van der Waals surface area contributed by atoms with E-state index in [1.165, 1.54) is 4.88 Å². The number of guanidine groups is 1. The van der Waals surface area contributed by atoms with Crippen LogP contribution >= 0.6 is 35.3 Å². The predicted octanol–water partition coefficient (Wildman–Crippen LogP) is 4.42. The number of hydrogen-bond acceptors (Lipinski definition) is 5. The van der Waals surface area contributed by atoms with E-state index in [2.05, 4.69) is 27.1 Å². The number of amides is 1. The van der Waals surface area contributed by atoms with Gasteiger partial charge in [0, 0.05) is 38.1 Å². The highest BCUT2D eigenvalue weighted by Crippen LogP contribution is 2.21. The Morgan fingerprint density at radius 2 is 1.97 bits per heavy atom. The zero-order chi connectivity index (χ0) is 21.6. The Morgan fingerprint density at radius 1 is 1.33 bits per heavy atom. The number of aromatic nitrogens is 1. The molecule has 1 aliphatic rings. The minimum absolute atomic E-state index is 0. The van der Waals surface area contributed by atoms with Crippen molar-refractivity contribution < 1.29 is 9.53 Å². The average Bonchev–Trinajstić information content (AvgIpc) is 2.97. The second-order valence-electron chi connectivity index (χ2n) is 8.59. The molecule has 0 unspecified atom stereocenters. The van der Waals surface area contributed by atoms with Gasteiger partial charge in [0.15, 0.2) is 5.96 Å². The highest BCUT2D eigenvalue weighted by atomic mass is 127. The van der Waals surface area contributed by atoms with Gasteiger partial charge in [-0.05, 0) is 60.3 Å². The lowest BCUT2D eigenvalue weighted by Crippen LogP contribution is -2.47. The Morgan fingerprint density at radius 3 is 2.43 bits per heavy atom. The van der Waals surface area contributed by atoms with Crippen LogP contribution in [0.2, 0.25) is 0 Å². The third-order valence-corrected chi connectivity index (χ3v) is 6.12. The highest BCUT2D eigenvalue weighted by Gasteiger charge is 2.27. The monoisotopic (exact) mass is 551 g/mol. The molecule has 0 saturated carbocycles. The van der Waals surface area contributed by atoms with Gasteiger partial charge in [-0.15, -0.1) is 35.3 Å². The van der Waals surface area contributed by atoms with Crippen LogP contribution < -0.4 is 5.32 Å². The van der Waals surface area contributed by atoms with Gasteiger partial charge in [0.25, 0.3) is 0 Å². The van der Waals surface area contributed by atoms with E-state index in [1.807, 2.05) is 46.6 Å². The minimum Gasteiger partial charge on any atom is -0.444 e. The first-order chi connectivity index (χ1) is 13.6. The first-order valence-corrected chi connectivity index (χ1v) is 11.3. The molecule has 0 radical (unpaired) electrons. The number of piperidine rings is 1. The summed E-state index contributed by atoms with van der Waals surface area (Å²) in [6.45, 7) is 15.9. The van der Waals surface area contributed by atoms with Crippen LogP contribution in [0.15, 0.2) is 4.99 Å². The average molecular weight is 552 g/mol. The number of nitrogens with zero attached hydrogens (tertiary/aromatic N) is 4. The molecule has 0 bridgehead atoms. The number of carbonyl (C=O) groups is 1. The van der Waals surface area contributed by atoms with Crippen molar-refractivity contribution in [1.29, 1.82) is 0 Å². The molecule has 0 spiro atoms. The number of ether oxygens (including phenoxy) is 1. The maximum atomic E-state index is 12.4. The summed E-state index contributed by atoms with van der Waals surface area (Å²) in [5.41, 5.74) is 0.636. The van der Waals surface area contributed by atoms with E-state index in [-0.39, 0.29) is 30.1 Å². The van der Waals surface area contributed by atoms with Crippen LogP contribution in [-0.2, 0) is 11.3 Å². The topological polar surface area (TPSA) is 70.1 Å². The Balaban J connectivity index is 0.00000450. The van der Waals surface area contributed by atoms with Gasteiger partial charge in [-0.25, -0.2) is 9.78 Å². The van der Waals surface area contributed by atoms with Crippen molar-refractivity contribution >= 4 is 47.4 Å². The fourth-order valence-electron chi connectivity index (χ4n) is 3.53. The van der Waals surface area contributed by atoms with Crippen LogP contribution in [0, 0.1) is 19.8 Å². The van der Waals surface area contributed by atoms with Gasteiger partial charge in [-0.2, -0.15) is 0 Å². The summed E-state index contributed by atoms with van der Waals surface area (Å²) in [6, 6.07) is 0. The summed E-state index contributed by atoms with van der Waals surface area (Å²) in [7, 11) is 1.83. The van der Waals surface area contributed by atoms with Crippen molar-refractivity contribution in [2.45, 2.75) is 66.5 Å². The van der Waals surface area contributed by atoms with Gasteiger partial charge in [-0.1, -0.05) is 0 Å². The predicted molar refractivity (Wildman–Crippen MR) is 135 cm³/mol. The fraction of sp³-hybridized carbons (Fsp3) is 0.762. The lowest BCUT2D eigenvalue weighted by atomic mass is 9.96. The quantitative estimate of drug-likeness (QED) is 0.333. The minimum atomic E-state index is -0.457. The van der Waals surface area contributed by atoms with Gasteiger partial charge >= 0.3 is 6.09 Å². The van der Waals surface area contributed by atoms with Crippen molar-refractivity contribution in [3.05, 3.63) is 15.6 Å². The van der Waals surface area contributed by atoms with Crippen LogP contribution in [0.1, 0.15) is 56.1 Å². The molecule has 172 valence electrons. The van der Waals surface area contributed by atoms with Crippen molar-refractivity contribution in [2.75, 3.05) is 33.2 Å². The van der Waals surface area contributed by atoms with Gasteiger partial charge in [0.2, 0.25) is 0 Å². The van der Waals surface area contributed by atoms with E-state index in [0.29, 0.717) is 12.5 Å². The van der Waals surface area contributed by atoms with Crippen molar-refractivity contribution in [1.82, 2.24) is 20.1 Å². The molecule has 1 aromatic heterocycles. The van der Waals surface area contributed by atoms with E-state index in [4.69, 9.17) is 4.74 Å². The van der Waals surface area contributed by atoms with Crippen LogP contribution in [0.4, 0.5) is 4.79 Å². The summed E-state index contributed by atoms with van der Waals surface area (Å²) in [4.78, 5) is 26.7. The summed E-state index contributed by atoms with van der Waals surface area (Å²) >= 11 is 1.73. The Hall–Kier alpha value is -1.10. The van der Waals surface area contributed by atoms with Gasteiger partial charge < -0.3 is 19.9 Å². The molecule has 0 aromatic carbocycles. The number of hydrogen-bond donors (Lipinski definition) is 1. The highest BCUT2D eigenvalue weighted by molar-refractivity contribution is 14.0. The zero-order valence-corrected chi connectivity index (χ0v) is 22.6. The van der Waals surface area contributed by atoms with Crippen molar-refractivity contribution in [2.24, 2.45) is 10.9 Å². The number of aryl methyl sites for hydroxylation is 2. The third kappa shape index (κ3) is 8.20. The molecule has 1 saturated heterocycles. The summed E-state index contributed by atoms with van der Waals surface area (Å²) in [5, 5.41) is 4.58. The smallest absolute Gasteiger partial charge is 0.410 e. The molecule has 30 heavy (non-hydrogen) atoms. The number of thiazole rings is 1. The van der Waals surface area contributed by atoms with Gasteiger partial charge in [0.1, 0.15) is 5.60 Å². The van der Waals surface area contributed by atoms with Crippen molar-refractivity contribution in [3.63, 3.8) is 0 Å². The van der Waals surface area contributed by atoms with Crippen LogP contribution in [0.25, 0.3) is 0 Å². The second kappa shape index (κ2) is 12.1. The number of halogens is 1. The van der Waals surface area contributed by atoms with Crippen LogP contribution in [0.3, 0.4) is 0 Å². The number of carbonyl (C=O) groups excluding carboxylic acids is 1. The van der Waals surface area contributed by atoms with E-state index in [0.717, 1.165) is 55.7 Å². The first-order valence-electron chi connectivity index (χ1n) is 10.5. The number of likely N-dealkylation sites (tertiary alicyclic amines) is 1. The fourth-order valence-corrected chi connectivity index (χ4v) is 4.40. The van der Waals surface area contributed by atoms with E-state index < -0.39 is 5.60 Å². The number of aliphatic imine (C=N–C) groups is 1. The zero-order valence-electron chi connectivity index (χ0n) is 19.4. The maximum Gasteiger partial charge on any atom is 0.410 e. The molecule has 1 aromatic rings. The van der Waals surface area contributed by atoms with Crippen LogP contribution in [-0.4, -0.2) is 65.7 Å². The molecule has 9 heteroatoms. The summed E-state index contributed by atoms with van der Waals surface area (Å²) in [5.74, 6) is 1.43. The normalized spacial score (nSPS) is 15.6. The van der Waals surface area contributed by atoms with Crippen LogP contribution in [0.5, 0.6) is 0 Å². The third-order valence-electron chi connectivity index (χ3n) is 5.04. The van der Waals surface area contributed by atoms with E-state index in [1.54, 1.807) is 11.3 Å². The number of nitrogens with one attached hydrogen (secondary N) is 1. The lowest BCUT2D eigenvalue weighted by molar-refractivity contribution is 0.0214. The summed E-state index contributed by atoms with van der Waals surface area (Å²) < 4.78 is 5.54. The Bertz CT molecular complexity index is 709. The maximum absolute atomic E-state index is 12.4. The molecular formula is C21H38IN5O2S. The second-order valence-corrected chi connectivity index (χ2v) is 9.88. The van der Waals surface area contributed by atoms with Gasteiger partial charge in [0.05, 0.1) is 17.2 Å². The molecule has 2 rings (SSSR count). The van der Waals surface area contributed by atoms with E-state index >= 15 is 0 Å². The van der Waals surface area contributed by atoms with Crippen molar-refractivity contribution in [3.8, 4) is 0 Å². The standard InChI is InChI=1S/C21H37N5O2S.HI/c1-8-25(20(27)28-21(4,5)6)14-17-9-11-26(12-10-17)19(22-7)23-13-18-15(2)24-16(3)29-18;/h17H,8-14H2,1-7H3,(H,22,23);1H. The molecule has 1 N–H and O–H groups in total.